The molecule has 2 atom stereocenters. The normalized spacial score (nSPS) is 15.3. The highest BCUT2D eigenvalue weighted by atomic mass is 35.5. The average Bonchev–Trinajstić information content (AvgIpc) is 2.66. The predicted octanol–water partition coefficient (Wildman–Crippen LogP) is 4.69. The van der Waals surface area contributed by atoms with Crippen LogP contribution >= 0.6 is 11.6 Å². The van der Waals surface area contributed by atoms with Crippen LogP contribution in [0.4, 0.5) is 4.39 Å². The van der Waals surface area contributed by atoms with E-state index < -0.39 is 0 Å². The van der Waals surface area contributed by atoms with Crippen molar-refractivity contribution in [1.82, 2.24) is 9.55 Å². The highest BCUT2D eigenvalue weighted by Crippen LogP contribution is 2.31. The molecule has 0 spiro atoms. The van der Waals surface area contributed by atoms with Gasteiger partial charge in [-0.15, -0.1) is 11.6 Å². The maximum absolute atomic E-state index is 13.4. The van der Waals surface area contributed by atoms with E-state index in [-0.39, 0.29) is 17.2 Å². The Morgan fingerprint density at radius 2 is 1.89 bits per heavy atom. The van der Waals surface area contributed by atoms with E-state index >= 15 is 0 Å². The van der Waals surface area contributed by atoms with Crippen LogP contribution in [0.25, 0.3) is 11.0 Å². The number of halogens is 2. The van der Waals surface area contributed by atoms with Gasteiger partial charge < -0.3 is 4.57 Å². The molecule has 2 unspecified atom stereocenters. The number of hydrogen-bond acceptors (Lipinski definition) is 1. The van der Waals surface area contributed by atoms with Crippen molar-refractivity contribution in [2.45, 2.75) is 39.1 Å². The van der Waals surface area contributed by atoms with Gasteiger partial charge in [-0.05, 0) is 38.0 Å². The molecule has 0 radical (unpaired) electrons. The Labute approximate surface area is 112 Å². The van der Waals surface area contributed by atoms with Gasteiger partial charge in [0.2, 0.25) is 0 Å². The third-order valence-electron chi connectivity index (χ3n) is 3.41. The number of rotatable bonds is 3. The summed E-state index contributed by atoms with van der Waals surface area (Å²) in [5, 5.41) is -0.193. The first kappa shape index (κ1) is 13.3. The summed E-state index contributed by atoms with van der Waals surface area (Å²) in [4.78, 5) is 4.52. The summed E-state index contributed by atoms with van der Waals surface area (Å²) < 4.78 is 15.5. The molecule has 2 aromatic rings. The summed E-state index contributed by atoms with van der Waals surface area (Å²) in [5.74, 6) is 0.992. The van der Waals surface area contributed by atoms with Crippen LogP contribution in [0.2, 0.25) is 0 Å². The molecule has 0 saturated carbocycles. The zero-order chi connectivity index (χ0) is 13.4. The molecule has 0 saturated heterocycles. The molecule has 1 aromatic heterocycles. The van der Waals surface area contributed by atoms with Crippen molar-refractivity contribution < 1.29 is 4.39 Å². The van der Waals surface area contributed by atoms with Crippen molar-refractivity contribution in [3.05, 3.63) is 29.8 Å². The zero-order valence-electron chi connectivity index (χ0n) is 11.1. The van der Waals surface area contributed by atoms with Gasteiger partial charge in [0.1, 0.15) is 11.6 Å². The molecule has 1 heterocycles. The number of benzene rings is 1. The van der Waals surface area contributed by atoms with E-state index in [1.807, 2.05) is 6.92 Å². The third-order valence-corrected chi connectivity index (χ3v) is 3.60. The highest BCUT2D eigenvalue weighted by Gasteiger charge is 2.21. The van der Waals surface area contributed by atoms with Gasteiger partial charge in [0.05, 0.1) is 16.4 Å². The summed E-state index contributed by atoms with van der Waals surface area (Å²) in [6.07, 6.45) is 0. The quantitative estimate of drug-likeness (QED) is 0.738. The maximum Gasteiger partial charge on any atom is 0.127 e. The first-order chi connectivity index (χ1) is 8.41. The standard InChI is InChI=1S/C14H18ClFN2/c1-8(2)10(4)18-13-7-11(16)5-6-12(13)17-14(18)9(3)15/h5-10H,1-4H3. The molecule has 0 aliphatic heterocycles. The fourth-order valence-corrected chi connectivity index (χ4v) is 2.25. The molecule has 0 fully saturated rings. The van der Waals surface area contributed by atoms with Crippen molar-refractivity contribution in [1.29, 1.82) is 0 Å². The lowest BCUT2D eigenvalue weighted by molar-refractivity contribution is 0.405. The minimum absolute atomic E-state index is 0.193. The van der Waals surface area contributed by atoms with Crippen molar-refractivity contribution in [2.24, 2.45) is 5.92 Å². The van der Waals surface area contributed by atoms with Crippen molar-refractivity contribution in [3.8, 4) is 0 Å². The predicted molar refractivity (Wildman–Crippen MR) is 73.5 cm³/mol. The van der Waals surface area contributed by atoms with E-state index in [2.05, 4.69) is 30.3 Å². The molecule has 0 N–H and O–H groups in total. The van der Waals surface area contributed by atoms with Crippen LogP contribution in [0.5, 0.6) is 0 Å². The number of imidazole rings is 1. The highest BCUT2D eigenvalue weighted by molar-refractivity contribution is 6.20. The van der Waals surface area contributed by atoms with Crippen LogP contribution in [0, 0.1) is 11.7 Å². The first-order valence-electron chi connectivity index (χ1n) is 6.23. The minimum Gasteiger partial charge on any atom is -0.324 e. The fraction of sp³-hybridized carbons (Fsp3) is 0.500. The van der Waals surface area contributed by atoms with Crippen LogP contribution in [-0.2, 0) is 0 Å². The van der Waals surface area contributed by atoms with Gasteiger partial charge in [0, 0.05) is 6.04 Å². The summed E-state index contributed by atoms with van der Waals surface area (Å²) in [6, 6.07) is 4.90. The fourth-order valence-electron chi connectivity index (χ4n) is 2.09. The summed E-state index contributed by atoms with van der Waals surface area (Å²) >= 11 is 6.19. The largest absolute Gasteiger partial charge is 0.324 e. The van der Waals surface area contributed by atoms with Crippen molar-refractivity contribution in [2.75, 3.05) is 0 Å². The average molecular weight is 269 g/mol. The van der Waals surface area contributed by atoms with Crippen LogP contribution in [0.3, 0.4) is 0 Å². The minimum atomic E-state index is -0.242. The van der Waals surface area contributed by atoms with Crippen LogP contribution in [0.15, 0.2) is 18.2 Å². The number of alkyl halides is 1. The number of aromatic nitrogens is 2. The topological polar surface area (TPSA) is 17.8 Å². The van der Waals surface area contributed by atoms with Gasteiger partial charge in [0.25, 0.3) is 0 Å². The summed E-state index contributed by atoms with van der Waals surface area (Å²) in [6.45, 7) is 8.28. The van der Waals surface area contributed by atoms with Crippen molar-refractivity contribution >= 4 is 22.6 Å². The number of fused-ring (bicyclic) bond motifs is 1. The molecule has 0 aliphatic rings. The molecule has 2 nitrogen and oxygen atoms in total. The summed E-state index contributed by atoms with van der Waals surface area (Å²) in [7, 11) is 0. The monoisotopic (exact) mass is 268 g/mol. The third kappa shape index (κ3) is 2.24. The van der Waals surface area contributed by atoms with E-state index in [1.54, 1.807) is 6.07 Å². The second-order valence-electron chi connectivity index (χ2n) is 5.07. The Morgan fingerprint density at radius 3 is 2.44 bits per heavy atom. The van der Waals surface area contributed by atoms with Gasteiger partial charge in [-0.3, -0.25) is 0 Å². The second-order valence-corrected chi connectivity index (χ2v) is 5.73. The molecule has 98 valence electrons. The Morgan fingerprint density at radius 1 is 1.22 bits per heavy atom. The molecule has 2 rings (SSSR count). The Kier molecular flexibility index (Phi) is 3.62. The van der Waals surface area contributed by atoms with Crippen LogP contribution in [-0.4, -0.2) is 9.55 Å². The molecule has 18 heavy (non-hydrogen) atoms. The number of hydrogen-bond donors (Lipinski definition) is 0. The molecule has 4 heteroatoms. The van der Waals surface area contributed by atoms with Gasteiger partial charge in [-0.2, -0.15) is 0 Å². The Balaban J connectivity index is 2.72. The van der Waals surface area contributed by atoms with E-state index in [0.717, 1.165) is 16.9 Å². The first-order valence-corrected chi connectivity index (χ1v) is 6.67. The van der Waals surface area contributed by atoms with Gasteiger partial charge >= 0.3 is 0 Å². The lowest BCUT2D eigenvalue weighted by Crippen LogP contribution is -2.15. The summed E-state index contributed by atoms with van der Waals surface area (Å²) in [5.41, 5.74) is 1.62. The maximum atomic E-state index is 13.4. The van der Waals surface area contributed by atoms with Gasteiger partial charge in [-0.1, -0.05) is 13.8 Å². The second kappa shape index (κ2) is 4.88. The Hall–Kier alpha value is -1.09. The zero-order valence-corrected chi connectivity index (χ0v) is 11.9. The molecular weight excluding hydrogens is 251 g/mol. The molecule has 0 amide bonds. The van der Waals surface area contributed by atoms with E-state index in [0.29, 0.717) is 5.92 Å². The lowest BCUT2D eigenvalue weighted by Gasteiger charge is -2.21. The SMILES string of the molecule is CC(Cl)c1nc2ccc(F)cc2n1C(C)C(C)C. The van der Waals surface area contributed by atoms with E-state index in [9.17, 15) is 4.39 Å². The Bertz CT molecular complexity index is 560. The van der Waals surface area contributed by atoms with Gasteiger partial charge in [-0.25, -0.2) is 9.37 Å². The molecular formula is C14H18ClFN2. The van der Waals surface area contributed by atoms with Crippen molar-refractivity contribution in [3.63, 3.8) is 0 Å². The van der Waals surface area contributed by atoms with Crippen LogP contribution < -0.4 is 0 Å². The lowest BCUT2D eigenvalue weighted by atomic mass is 10.1. The van der Waals surface area contributed by atoms with Crippen LogP contribution in [0.1, 0.15) is 44.9 Å². The van der Waals surface area contributed by atoms with E-state index in [4.69, 9.17) is 11.6 Å². The molecule has 1 aromatic carbocycles. The smallest absolute Gasteiger partial charge is 0.127 e. The molecule has 0 aliphatic carbocycles. The van der Waals surface area contributed by atoms with Gasteiger partial charge in [0.15, 0.2) is 0 Å². The van der Waals surface area contributed by atoms with E-state index in [1.165, 1.54) is 12.1 Å². The molecule has 0 bridgehead atoms. The number of nitrogens with zero attached hydrogens (tertiary/aromatic N) is 2.